The third-order valence-electron chi connectivity index (χ3n) is 5.33. The lowest BCUT2D eigenvalue weighted by Gasteiger charge is -2.30. The molecular weight excluding hydrogens is 490 g/mol. The van der Waals surface area contributed by atoms with Gasteiger partial charge in [0.25, 0.3) is 0 Å². The van der Waals surface area contributed by atoms with E-state index in [0.29, 0.717) is 16.5 Å². The van der Waals surface area contributed by atoms with Gasteiger partial charge in [0.15, 0.2) is 0 Å². The van der Waals surface area contributed by atoms with E-state index in [9.17, 15) is 18.0 Å². The Morgan fingerprint density at radius 2 is 1.77 bits per heavy atom. The van der Waals surface area contributed by atoms with Crippen LogP contribution in [0.3, 0.4) is 0 Å². The minimum atomic E-state index is -3.58. The van der Waals surface area contributed by atoms with E-state index < -0.39 is 16.1 Å². The summed E-state index contributed by atoms with van der Waals surface area (Å²) in [6.45, 7) is 5.70. The van der Waals surface area contributed by atoms with Gasteiger partial charge in [-0.3, -0.25) is 13.9 Å². The molecule has 0 fully saturated rings. The number of carbonyl (C=O) groups is 2. The average molecular weight is 524 g/mol. The van der Waals surface area contributed by atoms with Crippen molar-refractivity contribution in [1.29, 1.82) is 0 Å². The second kappa shape index (κ2) is 12.8. The van der Waals surface area contributed by atoms with Gasteiger partial charge in [0.1, 0.15) is 11.8 Å². The summed E-state index contributed by atoms with van der Waals surface area (Å²) in [6, 6.07) is 13.1. The van der Waals surface area contributed by atoms with Gasteiger partial charge in [-0.2, -0.15) is 0 Å². The van der Waals surface area contributed by atoms with Crippen LogP contribution in [0.1, 0.15) is 39.2 Å². The predicted octanol–water partition coefficient (Wildman–Crippen LogP) is 3.84. The first kappa shape index (κ1) is 28.5. The summed E-state index contributed by atoms with van der Waals surface area (Å²) in [6.07, 6.45) is 1.46. The standard InChI is InChI=1S/C25H34ClN3O5S/c1-18(2)27-25(31)19(3)28(17-20-9-6-10-21(26)15-20)24(30)13-8-14-29(35(5,32)33)22-11-7-12-23(16-22)34-4/h6-7,9-12,15-16,18-19H,8,13-14,17H2,1-5H3,(H,27,31)/t19-/m1/s1. The van der Waals surface area contributed by atoms with Crippen LogP contribution in [0.5, 0.6) is 5.75 Å². The van der Waals surface area contributed by atoms with E-state index in [-0.39, 0.29) is 43.8 Å². The zero-order chi connectivity index (χ0) is 26.2. The topological polar surface area (TPSA) is 96.0 Å². The van der Waals surface area contributed by atoms with Crippen LogP contribution in [0.15, 0.2) is 48.5 Å². The first-order valence-corrected chi connectivity index (χ1v) is 13.6. The molecule has 35 heavy (non-hydrogen) atoms. The summed E-state index contributed by atoms with van der Waals surface area (Å²) in [5, 5.41) is 3.38. The highest BCUT2D eigenvalue weighted by Crippen LogP contribution is 2.24. The van der Waals surface area contributed by atoms with E-state index in [2.05, 4.69) is 5.32 Å². The maximum atomic E-state index is 13.3. The Morgan fingerprint density at radius 1 is 1.09 bits per heavy atom. The number of anilines is 1. The number of hydrogen-bond donors (Lipinski definition) is 1. The van der Waals surface area contributed by atoms with Crippen molar-refractivity contribution in [2.45, 2.75) is 52.2 Å². The normalized spacial score (nSPS) is 12.2. The summed E-state index contributed by atoms with van der Waals surface area (Å²) >= 11 is 6.11. The predicted molar refractivity (Wildman–Crippen MR) is 139 cm³/mol. The Morgan fingerprint density at radius 3 is 2.37 bits per heavy atom. The number of sulfonamides is 1. The van der Waals surface area contributed by atoms with E-state index in [1.54, 1.807) is 49.4 Å². The van der Waals surface area contributed by atoms with Gasteiger partial charge in [-0.25, -0.2) is 8.42 Å². The van der Waals surface area contributed by atoms with Crippen molar-refractivity contribution in [3.8, 4) is 5.75 Å². The SMILES string of the molecule is COc1cccc(N(CCCC(=O)N(Cc2cccc(Cl)c2)[C@H](C)C(=O)NC(C)C)S(C)(=O)=O)c1. The Kier molecular flexibility index (Phi) is 10.4. The third-order valence-corrected chi connectivity index (χ3v) is 6.76. The molecule has 0 unspecified atom stereocenters. The molecular formula is C25H34ClN3O5S. The van der Waals surface area contributed by atoms with Gasteiger partial charge in [-0.05, 0) is 57.0 Å². The van der Waals surface area contributed by atoms with Crippen LogP contribution in [-0.4, -0.2) is 57.1 Å². The van der Waals surface area contributed by atoms with Crippen LogP contribution >= 0.6 is 11.6 Å². The van der Waals surface area contributed by atoms with Gasteiger partial charge < -0.3 is 15.0 Å². The van der Waals surface area contributed by atoms with Gasteiger partial charge in [0.2, 0.25) is 21.8 Å². The highest BCUT2D eigenvalue weighted by atomic mass is 35.5. The molecule has 1 atom stereocenters. The molecule has 2 aromatic carbocycles. The quantitative estimate of drug-likeness (QED) is 0.456. The zero-order valence-corrected chi connectivity index (χ0v) is 22.4. The van der Waals surface area contributed by atoms with Crippen LogP contribution in [-0.2, 0) is 26.2 Å². The highest BCUT2D eigenvalue weighted by molar-refractivity contribution is 7.92. The van der Waals surface area contributed by atoms with Crippen molar-refractivity contribution in [3.63, 3.8) is 0 Å². The molecule has 0 radical (unpaired) electrons. The fourth-order valence-electron chi connectivity index (χ4n) is 3.59. The molecule has 0 aromatic heterocycles. The fourth-order valence-corrected chi connectivity index (χ4v) is 4.76. The number of ether oxygens (including phenoxy) is 1. The van der Waals surface area contributed by atoms with E-state index >= 15 is 0 Å². The first-order chi connectivity index (χ1) is 16.4. The number of carbonyl (C=O) groups excluding carboxylic acids is 2. The maximum Gasteiger partial charge on any atom is 0.242 e. The smallest absolute Gasteiger partial charge is 0.242 e. The molecule has 0 aliphatic carbocycles. The third kappa shape index (κ3) is 8.74. The van der Waals surface area contributed by atoms with E-state index in [1.165, 1.54) is 16.3 Å². The summed E-state index contributed by atoms with van der Waals surface area (Å²) < 4.78 is 31.3. The number of nitrogens with one attached hydrogen (secondary N) is 1. The van der Waals surface area contributed by atoms with Crippen molar-refractivity contribution in [2.24, 2.45) is 0 Å². The van der Waals surface area contributed by atoms with Gasteiger partial charge in [-0.1, -0.05) is 29.8 Å². The summed E-state index contributed by atoms with van der Waals surface area (Å²) in [4.78, 5) is 27.4. The van der Waals surface area contributed by atoms with Crippen LogP contribution in [0.25, 0.3) is 0 Å². The van der Waals surface area contributed by atoms with Gasteiger partial charge in [-0.15, -0.1) is 0 Å². The van der Waals surface area contributed by atoms with E-state index in [0.717, 1.165) is 11.8 Å². The Labute approximate surface area is 213 Å². The van der Waals surface area contributed by atoms with Crippen LogP contribution < -0.4 is 14.4 Å². The minimum Gasteiger partial charge on any atom is -0.497 e. The second-order valence-electron chi connectivity index (χ2n) is 8.63. The van der Waals surface area contributed by atoms with Gasteiger partial charge in [0, 0.05) is 36.6 Å². The molecule has 0 aliphatic rings. The molecule has 0 spiro atoms. The average Bonchev–Trinajstić information content (AvgIpc) is 2.78. The van der Waals surface area contributed by atoms with Crippen molar-refractivity contribution < 1.29 is 22.7 Å². The van der Waals surface area contributed by atoms with Crippen molar-refractivity contribution >= 4 is 39.1 Å². The molecule has 0 heterocycles. The number of hydrogen-bond acceptors (Lipinski definition) is 5. The van der Waals surface area contributed by atoms with Gasteiger partial charge >= 0.3 is 0 Å². The first-order valence-electron chi connectivity index (χ1n) is 11.4. The largest absolute Gasteiger partial charge is 0.497 e. The van der Waals surface area contributed by atoms with E-state index in [1.807, 2.05) is 19.9 Å². The molecule has 1 N–H and O–H groups in total. The molecule has 0 bridgehead atoms. The highest BCUT2D eigenvalue weighted by Gasteiger charge is 2.27. The minimum absolute atomic E-state index is 0.0653. The van der Waals surface area contributed by atoms with Crippen LogP contribution in [0.2, 0.25) is 5.02 Å². The van der Waals surface area contributed by atoms with Crippen molar-refractivity contribution in [2.75, 3.05) is 24.2 Å². The molecule has 0 aliphatic heterocycles. The molecule has 0 saturated carbocycles. The number of amides is 2. The Bertz CT molecular complexity index is 1120. The molecule has 0 saturated heterocycles. The Hall–Kier alpha value is -2.78. The molecule has 192 valence electrons. The number of halogens is 1. The number of nitrogens with zero attached hydrogens (tertiary/aromatic N) is 2. The summed E-state index contributed by atoms with van der Waals surface area (Å²) in [7, 11) is -2.08. The van der Waals surface area contributed by atoms with Crippen molar-refractivity contribution in [3.05, 3.63) is 59.1 Å². The second-order valence-corrected chi connectivity index (χ2v) is 11.0. The van der Waals surface area contributed by atoms with E-state index in [4.69, 9.17) is 16.3 Å². The fraction of sp³-hybridized carbons (Fsp3) is 0.440. The number of rotatable bonds is 12. The number of methoxy groups -OCH3 is 1. The maximum absolute atomic E-state index is 13.3. The lowest BCUT2D eigenvalue weighted by Crippen LogP contribution is -2.49. The lowest BCUT2D eigenvalue weighted by atomic mass is 10.1. The van der Waals surface area contributed by atoms with Crippen LogP contribution in [0.4, 0.5) is 5.69 Å². The number of benzene rings is 2. The lowest BCUT2D eigenvalue weighted by molar-refractivity contribution is -0.140. The molecule has 2 aromatic rings. The molecule has 10 heteroatoms. The molecule has 8 nitrogen and oxygen atoms in total. The molecule has 2 rings (SSSR count). The monoisotopic (exact) mass is 523 g/mol. The van der Waals surface area contributed by atoms with Crippen LogP contribution in [0, 0.1) is 0 Å². The summed E-state index contributed by atoms with van der Waals surface area (Å²) in [5.41, 5.74) is 1.25. The van der Waals surface area contributed by atoms with Crippen molar-refractivity contribution in [1.82, 2.24) is 10.2 Å². The zero-order valence-electron chi connectivity index (χ0n) is 20.8. The summed E-state index contributed by atoms with van der Waals surface area (Å²) in [5.74, 6) is 0.0184. The molecule has 2 amide bonds. The van der Waals surface area contributed by atoms with Gasteiger partial charge in [0.05, 0.1) is 19.1 Å². The Balaban J connectivity index is 2.18.